The summed E-state index contributed by atoms with van der Waals surface area (Å²) in [5.41, 5.74) is 1.44. The number of H-pyrrole nitrogens is 1. The molecule has 5 heteroatoms. The molecule has 0 bridgehead atoms. The number of likely N-dealkylation sites (tertiary alicyclic amines) is 1. The molecular weight excluding hydrogens is 292 g/mol. The van der Waals surface area contributed by atoms with Gasteiger partial charge in [-0.15, -0.1) is 0 Å². The van der Waals surface area contributed by atoms with Crippen LogP contribution in [0, 0.1) is 0 Å². The molecule has 1 N–H and O–H groups in total. The van der Waals surface area contributed by atoms with E-state index in [1.807, 2.05) is 30.3 Å². The molecule has 5 nitrogen and oxygen atoms in total. The van der Waals surface area contributed by atoms with Crippen molar-refractivity contribution in [1.29, 1.82) is 0 Å². The van der Waals surface area contributed by atoms with Crippen LogP contribution in [0.2, 0.25) is 0 Å². The van der Waals surface area contributed by atoms with Gasteiger partial charge in [0.1, 0.15) is 6.61 Å². The van der Waals surface area contributed by atoms with Gasteiger partial charge in [0.2, 0.25) is 0 Å². The number of hydrogen-bond donors (Lipinski definition) is 1. The Balaban J connectivity index is 1.72. The van der Waals surface area contributed by atoms with E-state index in [0.717, 1.165) is 24.8 Å². The Hall–Kier alpha value is -2.56. The standard InChI is InChI=1S/C18H20N2O3/c21-17-15(9-6-11-19-17)16-10-4-5-12-20(16)18(22)23-13-14-7-2-1-3-8-14/h1-3,6-9,11,16H,4-5,10,12-13H2,(H,19,21)/t16-/m1/s1. The highest BCUT2D eigenvalue weighted by atomic mass is 16.6. The molecule has 120 valence electrons. The Morgan fingerprint density at radius 2 is 2.00 bits per heavy atom. The molecule has 1 aliphatic heterocycles. The van der Waals surface area contributed by atoms with Crippen molar-refractivity contribution in [2.24, 2.45) is 0 Å². The number of benzene rings is 1. The minimum atomic E-state index is -0.359. The second-order valence-electron chi connectivity index (χ2n) is 5.70. The zero-order chi connectivity index (χ0) is 16.1. The van der Waals surface area contributed by atoms with Gasteiger partial charge in [0.05, 0.1) is 6.04 Å². The normalized spacial score (nSPS) is 17.7. The number of pyridine rings is 1. The predicted octanol–water partition coefficient (Wildman–Crippen LogP) is 3.24. The van der Waals surface area contributed by atoms with Crippen molar-refractivity contribution in [3.05, 3.63) is 70.1 Å². The van der Waals surface area contributed by atoms with Crippen LogP contribution in [0.15, 0.2) is 53.5 Å². The van der Waals surface area contributed by atoms with Gasteiger partial charge in [0.25, 0.3) is 5.56 Å². The van der Waals surface area contributed by atoms with Crippen LogP contribution in [-0.2, 0) is 11.3 Å². The number of nitrogens with zero attached hydrogens (tertiary/aromatic N) is 1. The summed E-state index contributed by atoms with van der Waals surface area (Å²) in [5.74, 6) is 0. The molecule has 23 heavy (non-hydrogen) atoms. The van der Waals surface area contributed by atoms with Gasteiger partial charge in [0.15, 0.2) is 0 Å². The molecule has 0 radical (unpaired) electrons. The summed E-state index contributed by atoms with van der Waals surface area (Å²) in [7, 11) is 0. The molecule has 1 aromatic heterocycles. The number of nitrogens with one attached hydrogen (secondary N) is 1. The number of carbonyl (C=O) groups is 1. The van der Waals surface area contributed by atoms with E-state index in [-0.39, 0.29) is 24.3 Å². The lowest BCUT2D eigenvalue weighted by Crippen LogP contribution is -2.40. The van der Waals surface area contributed by atoms with Crippen LogP contribution in [0.5, 0.6) is 0 Å². The highest BCUT2D eigenvalue weighted by Crippen LogP contribution is 2.29. The van der Waals surface area contributed by atoms with E-state index in [2.05, 4.69) is 4.98 Å². The van der Waals surface area contributed by atoms with Gasteiger partial charge < -0.3 is 14.6 Å². The maximum absolute atomic E-state index is 12.5. The first kappa shape index (κ1) is 15.3. The van der Waals surface area contributed by atoms with E-state index in [1.165, 1.54) is 0 Å². The molecule has 0 saturated carbocycles. The van der Waals surface area contributed by atoms with Crippen molar-refractivity contribution in [3.63, 3.8) is 0 Å². The second kappa shape index (κ2) is 7.13. The Bertz CT molecular complexity index is 711. The Morgan fingerprint density at radius 1 is 1.17 bits per heavy atom. The first-order valence-corrected chi connectivity index (χ1v) is 7.90. The van der Waals surface area contributed by atoms with E-state index in [0.29, 0.717) is 12.1 Å². The minimum Gasteiger partial charge on any atom is -0.445 e. The summed E-state index contributed by atoms with van der Waals surface area (Å²) in [6.45, 7) is 0.862. The summed E-state index contributed by atoms with van der Waals surface area (Å²) in [5, 5.41) is 0. The third-order valence-corrected chi connectivity index (χ3v) is 4.15. The molecule has 1 amide bonds. The van der Waals surface area contributed by atoms with Crippen LogP contribution in [0.1, 0.15) is 36.4 Å². The van der Waals surface area contributed by atoms with Gasteiger partial charge in [0, 0.05) is 18.3 Å². The number of ether oxygens (including phenoxy) is 1. The van der Waals surface area contributed by atoms with Gasteiger partial charge in [-0.25, -0.2) is 4.79 Å². The fraction of sp³-hybridized carbons (Fsp3) is 0.333. The molecule has 1 atom stereocenters. The molecule has 1 aliphatic rings. The highest BCUT2D eigenvalue weighted by Gasteiger charge is 2.30. The minimum absolute atomic E-state index is 0.139. The van der Waals surface area contributed by atoms with Crippen molar-refractivity contribution in [1.82, 2.24) is 9.88 Å². The Kier molecular flexibility index (Phi) is 4.76. The molecule has 0 aliphatic carbocycles. The lowest BCUT2D eigenvalue weighted by atomic mass is 9.97. The lowest BCUT2D eigenvalue weighted by molar-refractivity contribution is 0.0676. The van der Waals surface area contributed by atoms with Crippen molar-refractivity contribution in [2.75, 3.05) is 6.54 Å². The lowest BCUT2D eigenvalue weighted by Gasteiger charge is -2.34. The van der Waals surface area contributed by atoms with Gasteiger partial charge in [-0.05, 0) is 37.0 Å². The van der Waals surface area contributed by atoms with Crippen molar-refractivity contribution >= 4 is 6.09 Å². The second-order valence-corrected chi connectivity index (χ2v) is 5.70. The fourth-order valence-electron chi connectivity index (χ4n) is 2.97. The highest BCUT2D eigenvalue weighted by molar-refractivity contribution is 5.68. The number of aromatic amines is 1. The van der Waals surface area contributed by atoms with Crippen LogP contribution in [-0.4, -0.2) is 22.5 Å². The third-order valence-electron chi connectivity index (χ3n) is 4.15. The monoisotopic (exact) mass is 312 g/mol. The largest absolute Gasteiger partial charge is 0.445 e. The van der Waals surface area contributed by atoms with E-state index >= 15 is 0 Å². The molecule has 1 saturated heterocycles. The van der Waals surface area contributed by atoms with E-state index in [4.69, 9.17) is 4.74 Å². The van der Waals surface area contributed by atoms with Gasteiger partial charge in [-0.3, -0.25) is 4.79 Å². The van der Waals surface area contributed by atoms with E-state index in [9.17, 15) is 9.59 Å². The molecule has 2 aromatic rings. The average molecular weight is 312 g/mol. The molecule has 3 rings (SSSR count). The summed E-state index contributed by atoms with van der Waals surface area (Å²) in [6, 6.07) is 13.0. The van der Waals surface area contributed by atoms with Crippen LogP contribution >= 0.6 is 0 Å². The average Bonchev–Trinajstić information content (AvgIpc) is 2.61. The van der Waals surface area contributed by atoms with Crippen LogP contribution in [0.3, 0.4) is 0 Å². The maximum atomic E-state index is 12.5. The van der Waals surface area contributed by atoms with E-state index in [1.54, 1.807) is 23.2 Å². The van der Waals surface area contributed by atoms with Gasteiger partial charge in [-0.2, -0.15) is 0 Å². The Labute approximate surface area is 134 Å². The predicted molar refractivity (Wildman–Crippen MR) is 87.0 cm³/mol. The van der Waals surface area contributed by atoms with Crippen molar-refractivity contribution in [3.8, 4) is 0 Å². The van der Waals surface area contributed by atoms with Crippen LogP contribution in [0.25, 0.3) is 0 Å². The summed E-state index contributed by atoms with van der Waals surface area (Å²) in [6.07, 6.45) is 3.96. The van der Waals surface area contributed by atoms with Crippen molar-refractivity contribution < 1.29 is 9.53 Å². The quantitative estimate of drug-likeness (QED) is 0.946. The number of hydrogen-bond acceptors (Lipinski definition) is 3. The summed E-state index contributed by atoms with van der Waals surface area (Å²) >= 11 is 0. The number of carbonyl (C=O) groups excluding carboxylic acids is 1. The maximum Gasteiger partial charge on any atom is 0.410 e. The molecular formula is C18H20N2O3. The molecule has 2 heterocycles. The van der Waals surface area contributed by atoms with Gasteiger partial charge in [-0.1, -0.05) is 30.3 Å². The van der Waals surface area contributed by atoms with Crippen molar-refractivity contribution in [2.45, 2.75) is 31.9 Å². The summed E-state index contributed by atoms with van der Waals surface area (Å²) in [4.78, 5) is 28.8. The van der Waals surface area contributed by atoms with Crippen LogP contribution in [0.4, 0.5) is 4.79 Å². The fourth-order valence-corrected chi connectivity index (χ4v) is 2.97. The van der Waals surface area contributed by atoms with E-state index < -0.39 is 0 Å². The number of piperidine rings is 1. The molecule has 1 fully saturated rings. The Morgan fingerprint density at radius 3 is 2.78 bits per heavy atom. The molecule has 0 unspecified atom stereocenters. The first-order valence-electron chi connectivity index (χ1n) is 7.90. The number of aromatic nitrogens is 1. The smallest absolute Gasteiger partial charge is 0.410 e. The van der Waals surface area contributed by atoms with Gasteiger partial charge >= 0.3 is 6.09 Å². The SMILES string of the molecule is O=C(OCc1ccccc1)N1CCCC[C@@H]1c1ccc[nH]c1=O. The molecule has 1 aromatic carbocycles. The number of amides is 1. The first-order chi connectivity index (χ1) is 11.3. The zero-order valence-electron chi connectivity index (χ0n) is 12.9. The topological polar surface area (TPSA) is 62.4 Å². The number of rotatable bonds is 3. The van der Waals surface area contributed by atoms with Crippen LogP contribution < -0.4 is 5.56 Å². The molecule has 0 spiro atoms. The third kappa shape index (κ3) is 3.62. The summed E-state index contributed by atoms with van der Waals surface area (Å²) < 4.78 is 5.43. The zero-order valence-corrected chi connectivity index (χ0v) is 12.9.